The Morgan fingerprint density at radius 1 is 1.05 bits per heavy atom. The van der Waals surface area contributed by atoms with E-state index in [-0.39, 0.29) is 29.1 Å². The Hall–Kier alpha value is -3.95. The third kappa shape index (κ3) is 9.38. The molecule has 1 aliphatic carbocycles. The summed E-state index contributed by atoms with van der Waals surface area (Å²) in [6.07, 6.45) is 7.74. The van der Waals surface area contributed by atoms with Gasteiger partial charge >= 0.3 is 0 Å². The topological polar surface area (TPSA) is 133 Å². The Morgan fingerprint density at radius 2 is 1.69 bits per heavy atom. The molecule has 5 N–H and O–H groups in total. The molecule has 1 heterocycles. The van der Waals surface area contributed by atoms with E-state index in [0.29, 0.717) is 18.3 Å². The molecule has 4 rings (SSSR count). The van der Waals surface area contributed by atoms with Gasteiger partial charge in [0, 0.05) is 36.9 Å². The van der Waals surface area contributed by atoms with Crippen molar-refractivity contribution in [1.82, 2.24) is 20.9 Å². The van der Waals surface area contributed by atoms with Crippen LogP contribution in [0, 0.1) is 0 Å². The molecule has 0 spiro atoms. The molecule has 1 saturated carbocycles. The van der Waals surface area contributed by atoms with Crippen molar-refractivity contribution in [2.75, 3.05) is 27.7 Å². The van der Waals surface area contributed by atoms with Gasteiger partial charge in [0.05, 0.1) is 7.11 Å². The van der Waals surface area contributed by atoms with Crippen LogP contribution >= 0.6 is 0 Å². The van der Waals surface area contributed by atoms with Crippen LogP contribution in [0.15, 0.2) is 73.1 Å². The van der Waals surface area contributed by atoms with Gasteiger partial charge in [0.2, 0.25) is 0 Å². The van der Waals surface area contributed by atoms with Crippen molar-refractivity contribution >= 4 is 12.4 Å². The Kier molecular flexibility index (Phi) is 13.5. The Bertz CT molecular complexity index is 1120. The first kappa shape index (κ1) is 31.3. The number of aromatic hydroxyl groups is 1. The van der Waals surface area contributed by atoms with E-state index >= 15 is 0 Å². The molecule has 210 valence electrons. The molecule has 0 radical (unpaired) electrons. The summed E-state index contributed by atoms with van der Waals surface area (Å²) in [7, 11) is 5.43. The number of phenolic OH excluding ortho intramolecular Hbond substituents is 1. The number of rotatable bonds is 8. The molecule has 9 heteroatoms. The third-order valence-electron chi connectivity index (χ3n) is 6.91. The molecule has 3 aromatic rings. The highest BCUT2D eigenvalue weighted by atomic mass is 16.5. The van der Waals surface area contributed by atoms with E-state index in [1.54, 1.807) is 24.5 Å². The first-order valence-electron chi connectivity index (χ1n) is 12.9. The number of amides is 1. The molecular formula is C30H40N4O5. The molecule has 9 nitrogen and oxygen atoms in total. The average molecular weight is 537 g/mol. The Morgan fingerprint density at radius 3 is 2.26 bits per heavy atom. The molecule has 1 fully saturated rings. The number of carbonyl (C=O) groups excluding carboxylic acids is 1. The lowest BCUT2D eigenvalue weighted by atomic mass is 9.68. The van der Waals surface area contributed by atoms with Crippen LogP contribution in [0.4, 0.5) is 0 Å². The van der Waals surface area contributed by atoms with Gasteiger partial charge < -0.3 is 30.9 Å². The van der Waals surface area contributed by atoms with Gasteiger partial charge in [0.25, 0.3) is 12.4 Å². The summed E-state index contributed by atoms with van der Waals surface area (Å²) in [5.74, 6) is -0.00403. The highest BCUT2D eigenvalue weighted by Gasteiger charge is 2.37. The number of hydrogen-bond acceptors (Lipinski definition) is 7. The molecule has 0 saturated heterocycles. The van der Waals surface area contributed by atoms with Gasteiger partial charge in [-0.25, -0.2) is 0 Å². The van der Waals surface area contributed by atoms with Crippen LogP contribution in [0.5, 0.6) is 11.5 Å². The van der Waals surface area contributed by atoms with E-state index < -0.39 is 0 Å². The van der Waals surface area contributed by atoms with Gasteiger partial charge in [-0.05, 0) is 75.2 Å². The number of aromatic nitrogens is 1. The second kappa shape index (κ2) is 16.8. The maximum Gasteiger partial charge on any atom is 0.290 e. The van der Waals surface area contributed by atoms with Gasteiger partial charge in [-0.15, -0.1) is 0 Å². The van der Waals surface area contributed by atoms with Crippen molar-refractivity contribution in [2.45, 2.75) is 43.7 Å². The second-order valence-electron chi connectivity index (χ2n) is 9.24. The van der Waals surface area contributed by atoms with Crippen LogP contribution in [0.2, 0.25) is 0 Å². The molecular weight excluding hydrogens is 496 g/mol. The van der Waals surface area contributed by atoms with Crippen molar-refractivity contribution in [3.8, 4) is 11.5 Å². The first-order valence-corrected chi connectivity index (χ1v) is 12.9. The summed E-state index contributed by atoms with van der Waals surface area (Å²) < 4.78 is 5.25. The van der Waals surface area contributed by atoms with Crippen molar-refractivity contribution in [1.29, 1.82) is 0 Å². The SMILES string of the molecule is CNC1CCC(CNC(=O)c2c(O)cccc2OC)(c2ccccc2)CC1.CNCc1ccncc1.O=CO. The minimum atomic E-state index is -0.309. The zero-order valence-corrected chi connectivity index (χ0v) is 22.9. The monoisotopic (exact) mass is 536 g/mol. The number of carboxylic acid groups (broad SMARTS) is 1. The zero-order valence-electron chi connectivity index (χ0n) is 22.9. The number of nitrogens with zero attached hydrogens (tertiary/aromatic N) is 1. The molecule has 1 amide bonds. The minimum absolute atomic E-state index is 0.0699. The third-order valence-corrected chi connectivity index (χ3v) is 6.91. The van der Waals surface area contributed by atoms with Crippen LogP contribution in [-0.4, -0.2) is 61.4 Å². The average Bonchev–Trinajstić information content (AvgIpc) is 2.98. The normalized spacial score (nSPS) is 17.9. The molecule has 1 aromatic heterocycles. The smallest absolute Gasteiger partial charge is 0.290 e. The minimum Gasteiger partial charge on any atom is -0.507 e. The van der Waals surface area contributed by atoms with Gasteiger partial charge in [0.1, 0.15) is 17.1 Å². The largest absolute Gasteiger partial charge is 0.507 e. The number of nitrogens with one attached hydrogen (secondary N) is 3. The second-order valence-corrected chi connectivity index (χ2v) is 9.24. The van der Waals surface area contributed by atoms with E-state index in [2.05, 4.69) is 45.2 Å². The highest BCUT2D eigenvalue weighted by Crippen LogP contribution is 2.39. The summed E-state index contributed by atoms with van der Waals surface area (Å²) in [5, 5.41) is 26.5. The Labute approximate surface area is 230 Å². The number of pyridine rings is 1. The lowest BCUT2D eigenvalue weighted by molar-refractivity contribution is -0.122. The summed E-state index contributed by atoms with van der Waals surface area (Å²) >= 11 is 0. The number of benzene rings is 2. The Balaban J connectivity index is 0.000000370. The standard InChI is InChI=1S/C22H28N2O3.C7H10N2.CH2O2/c1-23-17-11-13-22(14-12-17,16-7-4-3-5-8-16)15-24-21(26)20-18(25)9-6-10-19(20)27-2;1-8-6-7-2-4-9-5-3-7;2-1-3/h3-10,17,23,25H,11-15H2,1-2H3,(H,24,26);2-5,8H,6H2,1H3;1H,(H,2,3). The van der Waals surface area contributed by atoms with Gasteiger partial charge in [-0.3, -0.25) is 14.6 Å². The van der Waals surface area contributed by atoms with Crippen LogP contribution in [0.1, 0.15) is 47.2 Å². The predicted molar refractivity (Wildman–Crippen MR) is 152 cm³/mol. The lowest BCUT2D eigenvalue weighted by Crippen LogP contribution is -2.46. The number of phenols is 1. The molecule has 0 atom stereocenters. The van der Waals surface area contributed by atoms with Crippen LogP contribution < -0.4 is 20.7 Å². The lowest BCUT2D eigenvalue weighted by Gasteiger charge is -2.41. The van der Waals surface area contributed by atoms with Crippen molar-refractivity contribution in [3.05, 3.63) is 89.7 Å². The van der Waals surface area contributed by atoms with Crippen LogP contribution in [0.3, 0.4) is 0 Å². The van der Waals surface area contributed by atoms with Gasteiger partial charge in [-0.1, -0.05) is 36.4 Å². The number of hydrogen-bond donors (Lipinski definition) is 5. The van der Waals surface area contributed by atoms with Crippen LogP contribution in [-0.2, 0) is 16.8 Å². The fraction of sp³-hybridized carbons (Fsp3) is 0.367. The number of carbonyl (C=O) groups is 2. The molecule has 0 aliphatic heterocycles. The molecule has 2 aromatic carbocycles. The number of methoxy groups -OCH3 is 1. The van der Waals surface area contributed by atoms with E-state index in [0.717, 1.165) is 32.2 Å². The number of ether oxygens (including phenoxy) is 1. The quantitative estimate of drug-likeness (QED) is 0.275. The summed E-state index contributed by atoms with van der Waals surface area (Å²) in [4.78, 5) is 25.1. The van der Waals surface area contributed by atoms with Crippen LogP contribution in [0.25, 0.3) is 0 Å². The fourth-order valence-electron chi connectivity index (χ4n) is 4.78. The van der Waals surface area contributed by atoms with E-state index in [1.807, 2.05) is 32.3 Å². The van der Waals surface area contributed by atoms with E-state index in [4.69, 9.17) is 14.6 Å². The summed E-state index contributed by atoms with van der Waals surface area (Å²) in [5.41, 5.74) is 2.62. The molecule has 0 bridgehead atoms. The molecule has 1 aliphatic rings. The summed E-state index contributed by atoms with van der Waals surface area (Å²) in [6, 6.07) is 19.8. The van der Waals surface area contributed by atoms with Crippen molar-refractivity contribution in [2.24, 2.45) is 0 Å². The molecule has 39 heavy (non-hydrogen) atoms. The summed E-state index contributed by atoms with van der Waals surface area (Å²) in [6.45, 7) is 1.20. The maximum absolute atomic E-state index is 12.8. The van der Waals surface area contributed by atoms with Crippen molar-refractivity contribution in [3.63, 3.8) is 0 Å². The van der Waals surface area contributed by atoms with Gasteiger partial charge in [0.15, 0.2) is 0 Å². The fourth-order valence-corrected chi connectivity index (χ4v) is 4.78. The maximum atomic E-state index is 12.8. The van der Waals surface area contributed by atoms with E-state index in [1.165, 1.54) is 24.3 Å². The zero-order chi connectivity index (χ0) is 28.5. The highest BCUT2D eigenvalue weighted by molar-refractivity contribution is 5.99. The van der Waals surface area contributed by atoms with Crippen molar-refractivity contribution < 1.29 is 24.5 Å². The van der Waals surface area contributed by atoms with E-state index in [9.17, 15) is 9.90 Å². The molecule has 0 unspecified atom stereocenters. The predicted octanol–water partition coefficient (Wildman–Crippen LogP) is 3.73. The van der Waals surface area contributed by atoms with Gasteiger partial charge in [-0.2, -0.15) is 0 Å². The first-order chi connectivity index (χ1) is 18.9.